The Balaban J connectivity index is 2.12. The van der Waals surface area contributed by atoms with Crippen LogP contribution in [0.4, 0.5) is 0 Å². The van der Waals surface area contributed by atoms with Gasteiger partial charge in [-0.2, -0.15) is 0 Å². The second-order valence-corrected chi connectivity index (χ2v) is 4.69. The van der Waals surface area contributed by atoms with E-state index in [2.05, 4.69) is 10.6 Å². The van der Waals surface area contributed by atoms with Crippen LogP contribution in [0.1, 0.15) is 17.8 Å². The Morgan fingerprint density at radius 1 is 1.28 bits per heavy atom. The molecule has 3 nitrogen and oxygen atoms in total. The summed E-state index contributed by atoms with van der Waals surface area (Å²) in [5.41, 5.74) is 4.40. The number of hydrogen-bond acceptors (Lipinski definition) is 1. The molecule has 1 aliphatic rings. The monoisotopic (exact) mass is 241 g/mol. The number of carbonyl (C=O) groups is 1. The predicted molar refractivity (Wildman–Crippen MR) is 69.5 cm³/mol. The van der Waals surface area contributed by atoms with Crippen LogP contribution in [-0.4, -0.2) is 15.6 Å². The van der Waals surface area contributed by atoms with E-state index in [9.17, 15) is 4.79 Å². The third-order valence-corrected chi connectivity index (χ3v) is 3.51. The Kier molecular flexibility index (Phi) is 2.67. The fourth-order valence-corrected chi connectivity index (χ4v) is 2.75. The third kappa shape index (κ3) is 1.82. The standard InChI is InChI=1S/C15H15NO2/c17-15(18)10-14-13(11-5-2-1-3-6-11)9-12-7-4-8-16(12)14/h1-3,5-6,9H,4,7-8,10H2,(H,17,18). The summed E-state index contributed by atoms with van der Waals surface area (Å²) in [5, 5.41) is 9.07. The van der Waals surface area contributed by atoms with Gasteiger partial charge in [0.15, 0.2) is 0 Å². The van der Waals surface area contributed by atoms with Crippen LogP contribution in [0.3, 0.4) is 0 Å². The second kappa shape index (κ2) is 4.33. The van der Waals surface area contributed by atoms with Gasteiger partial charge in [0.05, 0.1) is 6.42 Å². The van der Waals surface area contributed by atoms with Gasteiger partial charge in [0.2, 0.25) is 0 Å². The number of aliphatic carboxylic acids is 1. The first-order valence-corrected chi connectivity index (χ1v) is 6.24. The Morgan fingerprint density at radius 3 is 2.78 bits per heavy atom. The number of rotatable bonds is 3. The smallest absolute Gasteiger partial charge is 0.309 e. The zero-order chi connectivity index (χ0) is 12.5. The van der Waals surface area contributed by atoms with E-state index in [1.54, 1.807) is 0 Å². The van der Waals surface area contributed by atoms with E-state index in [0.717, 1.165) is 36.2 Å². The van der Waals surface area contributed by atoms with Crippen molar-refractivity contribution in [2.24, 2.45) is 0 Å². The van der Waals surface area contributed by atoms with E-state index in [-0.39, 0.29) is 6.42 Å². The summed E-state index contributed by atoms with van der Waals surface area (Å²) in [7, 11) is 0. The fourth-order valence-electron chi connectivity index (χ4n) is 2.75. The van der Waals surface area contributed by atoms with Crippen LogP contribution < -0.4 is 0 Å². The highest BCUT2D eigenvalue weighted by Crippen LogP contribution is 2.31. The number of aryl methyl sites for hydroxylation is 1. The molecule has 1 N–H and O–H groups in total. The number of carboxylic acid groups (broad SMARTS) is 1. The molecule has 0 saturated carbocycles. The van der Waals surface area contributed by atoms with Crippen molar-refractivity contribution in [3.05, 3.63) is 47.8 Å². The molecule has 0 saturated heterocycles. The van der Waals surface area contributed by atoms with Crippen LogP contribution in [0.15, 0.2) is 36.4 Å². The summed E-state index contributed by atoms with van der Waals surface area (Å²) < 4.78 is 2.18. The molecule has 2 heterocycles. The van der Waals surface area contributed by atoms with Crippen LogP contribution in [0.25, 0.3) is 11.1 Å². The van der Waals surface area contributed by atoms with E-state index >= 15 is 0 Å². The minimum Gasteiger partial charge on any atom is -0.481 e. The van der Waals surface area contributed by atoms with Gasteiger partial charge in [0.25, 0.3) is 0 Å². The maximum absolute atomic E-state index is 11.0. The maximum Gasteiger partial charge on any atom is 0.309 e. The Morgan fingerprint density at radius 2 is 2.06 bits per heavy atom. The first-order chi connectivity index (χ1) is 8.75. The minimum atomic E-state index is -0.764. The molecule has 1 aliphatic heterocycles. The van der Waals surface area contributed by atoms with Gasteiger partial charge in [-0.25, -0.2) is 0 Å². The summed E-state index contributed by atoms with van der Waals surface area (Å²) in [6, 6.07) is 12.2. The molecule has 0 bridgehead atoms. The minimum absolute atomic E-state index is 0.101. The molecule has 0 amide bonds. The first kappa shape index (κ1) is 11.1. The van der Waals surface area contributed by atoms with E-state index in [1.807, 2.05) is 30.3 Å². The van der Waals surface area contributed by atoms with Crippen LogP contribution in [-0.2, 0) is 24.2 Å². The van der Waals surface area contributed by atoms with Gasteiger partial charge in [0, 0.05) is 23.5 Å². The molecule has 0 unspecified atom stereocenters. The van der Waals surface area contributed by atoms with Gasteiger partial charge in [-0.3, -0.25) is 4.79 Å². The lowest BCUT2D eigenvalue weighted by molar-refractivity contribution is -0.136. The lowest BCUT2D eigenvalue weighted by atomic mass is 10.0. The number of nitrogens with zero attached hydrogens (tertiary/aromatic N) is 1. The molecule has 0 aliphatic carbocycles. The molecule has 0 radical (unpaired) electrons. The Labute approximate surface area is 106 Å². The second-order valence-electron chi connectivity index (χ2n) is 4.69. The number of fused-ring (bicyclic) bond motifs is 1. The summed E-state index contributed by atoms with van der Waals surface area (Å²) in [6.07, 6.45) is 2.28. The van der Waals surface area contributed by atoms with Crippen LogP contribution in [0.5, 0.6) is 0 Å². The van der Waals surface area contributed by atoms with Crippen molar-refractivity contribution < 1.29 is 9.90 Å². The zero-order valence-electron chi connectivity index (χ0n) is 10.1. The lowest BCUT2D eigenvalue weighted by Crippen LogP contribution is -2.07. The topological polar surface area (TPSA) is 42.2 Å². The van der Waals surface area contributed by atoms with Crippen LogP contribution in [0.2, 0.25) is 0 Å². The molecular weight excluding hydrogens is 226 g/mol. The molecule has 0 atom stereocenters. The van der Waals surface area contributed by atoms with Crippen molar-refractivity contribution in [2.45, 2.75) is 25.8 Å². The van der Waals surface area contributed by atoms with Gasteiger partial charge >= 0.3 is 5.97 Å². The molecule has 3 heteroatoms. The number of benzene rings is 1. The highest BCUT2D eigenvalue weighted by atomic mass is 16.4. The predicted octanol–water partition coefficient (Wildman–Crippen LogP) is 2.73. The molecule has 0 fully saturated rings. The number of aromatic nitrogens is 1. The summed E-state index contributed by atoms with van der Waals surface area (Å²) in [6.45, 7) is 0.949. The highest BCUT2D eigenvalue weighted by Gasteiger charge is 2.21. The Bertz CT molecular complexity index is 584. The van der Waals surface area contributed by atoms with Gasteiger partial charge < -0.3 is 9.67 Å². The van der Waals surface area contributed by atoms with Crippen molar-refractivity contribution >= 4 is 5.97 Å². The third-order valence-electron chi connectivity index (χ3n) is 3.51. The highest BCUT2D eigenvalue weighted by molar-refractivity contribution is 5.76. The Hall–Kier alpha value is -2.03. The van der Waals surface area contributed by atoms with Gasteiger partial charge in [-0.15, -0.1) is 0 Å². The number of hydrogen-bond donors (Lipinski definition) is 1. The molecule has 1 aromatic carbocycles. The summed E-state index contributed by atoms with van der Waals surface area (Å²) in [4.78, 5) is 11.0. The van der Waals surface area contributed by atoms with Crippen LogP contribution >= 0.6 is 0 Å². The average Bonchev–Trinajstić information content (AvgIpc) is 2.93. The molecular formula is C15H15NO2. The molecule has 3 rings (SSSR count). The van der Waals surface area contributed by atoms with Gasteiger partial charge in [-0.05, 0) is 24.5 Å². The molecule has 2 aromatic rings. The molecule has 1 aromatic heterocycles. The average molecular weight is 241 g/mol. The lowest BCUT2D eigenvalue weighted by Gasteiger charge is -2.07. The maximum atomic E-state index is 11.0. The summed E-state index contributed by atoms with van der Waals surface area (Å²) in [5.74, 6) is -0.764. The largest absolute Gasteiger partial charge is 0.481 e. The molecule has 0 spiro atoms. The van der Waals surface area contributed by atoms with Crippen molar-refractivity contribution in [3.8, 4) is 11.1 Å². The van der Waals surface area contributed by atoms with Gasteiger partial charge in [0.1, 0.15) is 0 Å². The van der Waals surface area contributed by atoms with E-state index < -0.39 is 5.97 Å². The quantitative estimate of drug-likeness (QED) is 0.897. The van der Waals surface area contributed by atoms with E-state index in [0.29, 0.717) is 0 Å². The molecule has 92 valence electrons. The van der Waals surface area contributed by atoms with Crippen LogP contribution in [0, 0.1) is 0 Å². The van der Waals surface area contributed by atoms with E-state index in [1.165, 1.54) is 5.69 Å². The molecule has 18 heavy (non-hydrogen) atoms. The zero-order valence-corrected chi connectivity index (χ0v) is 10.1. The van der Waals surface area contributed by atoms with Crippen molar-refractivity contribution in [1.82, 2.24) is 4.57 Å². The fraction of sp³-hybridized carbons (Fsp3) is 0.267. The first-order valence-electron chi connectivity index (χ1n) is 6.24. The van der Waals surface area contributed by atoms with Crippen molar-refractivity contribution in [1.29, 1.82) is 0 Å². The number of carboxylic acids is 1. The normalized spacial score (nSPS) is 13.6. The van der Waals surface area contributed by atoms with Gasteiger partial charge in [-0.1, -0.05) is 30.3 Å². The van der Waals surface area contributed by atoms with Crippen molar-refractivity contribution in [2.75, 3.05) is 0 Å². The van der Waals surface area contributed by atoms with Crippen molar-refractivity contribution in [3.63, 3.8) is 0 Å². The van der Waals surface area contributed by atoms with E-state index in [4.69, 9.17) is 5.11 Å². The SMILES string of the molecule is O=C(O)Cc1c(-c2ccccc2)cc2n1CCC2. The summed E-state index contributed by atoms with van der Waals surface area (Å²) >= 11 is 0.